The molecule has 0 heterocycles. The molecule has 0 aromatic heterocycles. The van der Waals surface area contributed by atoms with E-state index in [-0.39, 0.29) is 11.9 Å². The first-order valence-corrected chi connectivity index (χ1v) is 6.86. The third kappa shape index (κ3) is 4.46. The predicted octanol–water partition coefficient (Wildman–Crippen LogP) is 1.30. The van der Waals surface area contributed by atoms with Crippen molar-refractivity contribution in [3.8, 4) is 0 Å². The predicted molar refractivity (Wildman–Crippen MR) is 75.3 cm³/mol. The summed E-state index contributed by atoms with van der Waals surface area (Å²) in [6.07, 6.45) is 0.799. The zero-order chi connectivity index (χ0) is 15.4. The summed E-state index contributed by atoms with van der Waals surface area (Å²) >= 11 is 5.71. The third-order valence-electron chi connectivity index (χ3n) is 3.18. The monoisotopic (exact) mass is 310 g/mol. The molecule has 0 unspecified atom stereocenters. The van der Waals surface area contributed by atoms with Gasteiger partial charge in [0.1, 0.15) is 0 Å². The molecular weight excluding hydrogens is 296 g/mol. The average molecular weight is 311 g/mol. The number of carbonyl (C=O) groups excluding carboxylic acids is 3. The van der Waals surface area contributed by atoms with E-state index in [0.29, 0.717) is 16.5 Å². The minimum Gasteiger partial charge on any atom is -0.455 e. The number of nitrogens with one attached hydrogen (secondary N) is 2. The lowest BCUT2D eigenvalue weighted by atomic mass is 10.2. The average Bonchev–Trinajstić information content (AvgIpc) is 3.20. The number of rotatable bonds is 4. The fraction of sp³-hybridized carbons (Fsp3) is 0.357. The standard InChI is InChI=1S/C14H15ClN2O4/c1-8-6-11(8)14(20)21-7-12(18)16-17-13(19)9-2-4-10(15)5-3-9/h2-5,8,11H,6-7H2,1H3,(H,16,18)(H,17,19)/t8-,11-/m0/s1. The van der Waals surface area contributed by atoms with Crippen molar-refractivity contribution in [1.29, 1.82) is 0 Å². The van der Waals surface area contributed by atoms with Crippen LogP contribution in [0.3, 0.4) is 0 Å². The third-order valence-corrected chi connectivity index (χ3v) is 3.43. The lowest BCUT2D eigenvalue weighted by molar-refractivity contribution is -0.150. The number of ether oxygens (including phenoxy) is 1. The van der Waals surface area contributed by atoms with Gasteiger partial charge in [-0.15, -0.1) is 0 Å². The largest absolute Gasteiger partial charge is 0.455 e. The maximum absolute atomic E-state index is 11.7. The number of hydrogen-bond acceptors (Lipinski definition) is 4. The van der Waals surface area contributed by atoms with Gasteiger partial charge in [0.15, 0.2) is 6.61 Å². The number of amides is 2. The van der Waals surface area contributed by atoms with E-state index in [1.54, 1.807) is 12.1 Å². The van der Waals surface area contributed by atoms with Gasteiger partial charge in [-0.2, -0.15) is 0 Å². The van der Waals surface area contributed by atoms with Crippen molar-refractivity contribution in [1.82, 2.24) is 10.9 Å². The van der Waals surface area contributed by atoms with Gasteiger partial charge in [0.2, 0.25) is 0 Å². The van der Waals surface area contributed by atoms with Crippen molar-refractivity contribution < 1.29 is 19.1 Å². The molecule has 1 aromatic rings. The summed E-state index contributed by atoms with van der Waals surface area (Å²) in [6.45, 7) is 1.53. The van der Waals surface area contributed by atoms with Crippen LogP contribution in [-0.2, 0) is 14.3 Å². The van der Waals surface area contributed by atoms with Gasteiger partial charge in [0.25, 0.3) is 11.8 Å². The van der Waals surface area contributed by atoms with Gasteiger partial charge >= 0.3 is 5.97 Å². The van der Waals surface area contributed by atoms with Gasteiger partial charge in [-0.25, -0.2) is 0 Å². The number of halogens is 1. The van der Waals surface area contributed by atoms with Crippen LogP contribution in [0.2, 0.25) is 5.02 Å². The Kier molecular flexibility index (Phi) is 4.80. The van der Waals surface area contributed by atoms with Gasteiger partial charge in [0.05, 0.1) is 5.92 Å². The Morgan fingerprint density at radius 3 is 2.43 bits per heavy atom. The quantitative estimate of drug-likeness (QED) is 0.648. The van der Waals surface area contributed by atoms with Crippen LogP contribution >= 0.6 is 11.6 Å². The summed E-state index contributed by atoms with van der Waals surface area (Å²) in [7, 11) is 0. The molecule has 0 aliphatic heterocycles. The molecular formula is C14H15ClN2O4. The normalized spacial score (nSPS) is 19.5. The summed E-state index contributed by atoms with van der Waals surface area (Å²) in [5, 5.41) is 0.511. The zero-order valence-corrected chi connectivity index (χ0v) is 12.1. The molecule has 1 aliphatic rings. The van der Waals surface area contributed by atoms with Crippen molar-refractivity contribution >= 4 is 29.4 Å². The fourth-order valence-corrected chi connectivity index (χ4v) is 1.86. The Bertz CT molecular complexity index is 559. The van der Waals surface area contributed by atoms with Gasteiger partial charge in [0, 0.05) is 10.6 Å². The van der Waals surface area contributed by atoms with Gasteiger partial charge < -0.3 is 4.74 Å². The van der Waals surface area contributed by atoms with Crippen LogP contribution in [0.25, 0.3) is 0 Å². The van der Waals surface area contributed by atoms with Gasteiger partial charge in [-0.05, 0) is 36.6 Å². The Balaban J connectivity index is 1.69. The molecule has 0 spiro atoms. The van der Waals surface area contributed by atoms with E-state index < -0.39 is 18.4 Å². The van der Waals surface area contributed by atoms with Crippen molar-refractivity contribution in [3.05, 3.63) is 34.9 Å². The summed E-state index contributed by atoms with van der Waals surface area (Å²) in [6, 6.07) is 6.18. The summed E-state index contributed by atoms with van der Waals surface area (Å²) in [4.78, 5) is 34.5. The van der Waals surface area contributed by atoms with Crippen molar-refractivity contribution in [3.63, 3.8) is 0 Å². The van der Waals surface area contributed by atoms with Crippen LogP contribution in [0.4, 0.5) is 0 Å². The molecule has 0 radical (unpaired) electrons. The van der Waals surface area contributed by atoms with E-state index in [0.717, 1.165) is 6.42 Å². The molecule has 2 rings (SSSR count). The summed E-state index contributed by atoms with van der Waals surface area (Å²) < 4.78 is 4.83. The molecule has 6 nitrogen and oxygen atoms in total. The van der Waals surface area contributed by atoms with Gasteiger partial charge in [-0.3, -0.25) is 25.2 Å². The van der Waals surface area contributed by atoms with E-state index in [4.69, 9.17) is 16.3 Å². The second kappa shape index (κ2) is 6.58. The van der Waals surface area contributed by atoms with Crippen molar-refractivity contribution in [2.45, 2.75) is 13.3 Å². The van der Waals surface area contributed by atoms with E-state index in [9.17, 15) is 14.4 Å². The Hall–Kier alpha value is -2.08. The SMILES string of the molecule is C[C@H]1C[C@@H]1C(=O)OCC(=O)NNC(=O)c1ccc(Cl)cc1. The second-order valence-electron chi connectivity index (χ2n) is 4.94. The fourth-order valence-electron chi connectivity index (χ4n) is 1.73. The van der Waals surface area contributed by atoms with Crippen LogP contribution in [0.5, 0.6) is 0 Å². The molecule has 21 heavy (non-hydrogen) atoms. The van der Waals surface area contributed by atoms with Crippen LogP contribution < -0.4 is 10.9 Å². The molecule has 1 aromatic carbocycles. The number of hydrazine groups is 1. The van der Waals surface area contributed by atoms with E-state index in [1.165, 1.54) is 12.1 Å². The highest BCUT2D eigenvalue weighted by Gasteiger charge is 2.40. The lowest BCUT2D eigenvalue weighted by Crippen LogP contribution is -2.43. The van der Waals surface area contributed by atoms with Crippen LogP contribution in [0.15, 0.2) is 24.3 Å². The maximum Gasteiger partial charge on any atom is 0.309 e. The van der Waals surface area contributed by atoms with Gasteiger partial charge in [-0.1, -0.05) is 18.5 Å². The molecule has 0 bridgehead atoms. The van der Waals surface area contributed by atoms with Crippen LogP contribution in [0.1, 0.15) is 23.7 Å². The van der Waals surface area contributed by atoms with Crippen LogP contribution in [-0.4, -0.2) is 24.4 Å². The summed E-state index contributed by atoms with van der Waals surface area (Å²) in [5.74, 6) is -1.23. The Morgan fingerprint density at radius 2 is 1.86 bits per heavy atom. The molecule has 1 saturated carbocycles. The highest BCUT2D eigenvalue weighted by atomic mass is 35.5. The van der Waals surface area contributed by atoms with E-state index in [2.05, 4.69) is 10.9 Å². The molecule has 7 heteroatoms. The van der Waals surface area contributed by atoms with Crippen molar-refractivity contribution in [2.24, 2.45) is 11.8 Å². The summed E-state index contributed by atoms with van der Waals surface area (Å²) in [5.41, 5.74) is 4.75. The van der Waals surface area contributed by atoms with Crippen LogP contribution in [0, 0.1) is 11.8 Å². The highest BCUT2D eigenvalue weighted by Crippen LogP contribution is 2.38. The van der Waals surface area contributed by atoms with E-state index >= 15 is 0 Å². The number of esters is 1. The highest BCUT2D eigenvalue weighted by molar-refractivity contribution is 6.30. The molecule has 1 aliphatic carbocycles. The van der Waals surface area contributed by atoms with Crippen molar-refractivity contribution in [2.75, 3.05) is 6.61 Å². The smallest absolute Gasteiger partial charge is 0.309 e. The molecule has 0 saturated heterocycles. The molecule has 112 valence electrons. The van der Waals surface area contributed by atoms with E-state index in [1.807, 2.05) is 6.92 Å². The first-order chi connectivity index (χ1) is 9.97. The molecule has 1 fully saturated rings. The lowest BCUT2D eigenvalue weighted by Gasteiger charge is -2.08. The maximum atomic E-state index is 11.7. The number of benzene rings is 1. The first kappa shape index (κ1) is 15.3. The topological polar surface area (TPSA) is 84.5 Å². The number of carbonyl (C=O) groups is 3. The Labute approximate surface area is 126 Å². The molecule has 2 N–H and O–H groups in total. The minimum atomic E-state index is -0.598. The molecule has 2 amide bonds. The molecule has 2 atom stereocenters. The Morgan fingerprint density at radius 1 is 1.24 bits per heavy atom. The number of hydrogen-bond donors (Lipinski definition) is 2. The second-order valence-corrected chi connectivity index (χ2v) is 5.37. The zero-order valence-electron chi connectivity index (χ0n) is 11.4. The minimum absolute atomic E-state index is 0.0959. The first-order valence-electron chi connectivity index (χ1n) is 6.48.